The Balaban J connectivity index is 1.95. The molecule has 2 aromatic heterocycles. The largest absolute Gasteiger partial charge is 0.494 e. The van der Waals surface area contributed by atoms with Crippen molar-refractivity contribution in [3.05, 3.63) is 58.3 Å². The summed E-state index contributed by atoms with van der Waals surface area (Å²) in [5.74, 6) is 1.06. The van der Waals surface area contributed by atoms with Crippen LogP contribution in [0.4, 0.5) is 5.82 Å². The Labute approximate surface area is 166 Å². The fraction of sp³-hybridized carbons (Fsp3) is 0.176. The first-order valence-electron chi connectivity index (χ1n) is 7.94. The minimum atomic E-state index is -3.85. The Morgan fingerprint density at radius 1 is 1.19 bits per heavy atom. The van der Waals surface area contributed by atoms with Gasteiger partial charge in [0.1, 0.15) is 11.6 Å². The van der Waals surface area contributed by atoms with E-state index >= 15 is 0 Å². The molecule has 0 bridgehead atoms. The van der Waals surface area contributed by atoms with Gasteiger partial charge in [-0.2, -0.15) is 9.78 Å². The molecule has 3 aromatic rings. The number of hydrogen-bond acceptors (Lipinski definition) is 5. The maximum atomic E-state index is 12.7. The molecular weight excluding hydrogens is 411 g/mol. The van der Waals surface area contributed by atoms with Crippen molar-refractivity contribution >= 4 is 39.0 Å². The summed E-state index contributed by atoms with van der Waals surface area (Å²) in [6.07, 6.45) is 1.41. The van der Waals surface area contributed by atoms with Crippen LogP contribution in [0, 0.1) is 6.92 Å². The molecule has 0 atom stereocenters. The molecule has 0 saturated carbocycles. The second kappa shape index (κ2) is 7.75. The van der Waals surface area contributed by atoms with Crippen molar-refractivity contribution < 1.29 is 13.2 Å². The van der Waals surface area contributed by atoms with E-state index in [2.05, 4.69) is 14.8 Å². The molecule has 0 fully saturated rings. The van der Waals surface area contributed by atoms with Crippen LogP contribution in [0.3, 0.4) is 0 Å². The minimum absolute atomic E-state index is 0.0894. The maximum absolute atomic E-state index is 12.7. The number of ether oxygens (including phenoxy) is 1. The van der Waals surface area contributed by atoms with Gasteiger partial charge < -0.3 is 4.74 Å². The summed E-state index contributed by atoms with van der Waals surface area (Å²) < 4.78 is 34.6. The molecule has 1 N–H and O–H groups in total. The number of rotatable bonds is 6. The van der Waals surface area contributed by atoms with E-state index < -0.39 is 10.0 Å². The van der Waals surface area contributed by atoms with E-state index in [0.29, 0.717) is 23.1 Å². The van der Waals surface area contributed by atoms with Crippen molar-refractivity contribution in [3.63, 3.8) is 0 Å². The van der Waals surface area contributed by atoms with Crippen molar-refractivity contribution in [1.29, 1.82) is 0 Å². The lowest BCUT2D eigenvalue weighted by Gasteiger charge is -2.11. The molecule has 3 rings (SSSR count). The Bertz CT molecular complexity index is 1070. The van der Waals surface area contributed by atoms with Gasteiger partial charge in [-0.3, -0.25) is 4.72 Å². The van der Waals surface area contributed by atoms with E-state index in [1.807, 2.05) is 6.92 Å². The monoisotopic (exact) mass is 426 g/mol. The Morgan fingerprint density at radius 2 is 1.89 bits per heavy atom. The Hall–Kier alpha value is -2.29. The van der Waals surface area contributed by atoms with Crippen molar-refractivity contribution in [1.82, 2.24) is 14.8 Å². The number of benzene rings is 1. The van der Waals surface area contributed by atoms with E-state index in [9.17, 15) is 8.42 Å². The summed E-state index contributed by atoms with van der Waals surface area (Å²) in [5, 5.41) is 4.88. The van der Waals surface area contributed by atoms with Gasteiger partial charge in [-0.05, 0) is 44.2 Å². The van der Waals surface area contributed by atoms with Crippen LogP contribution in [0.2, 0.25) is 10.0 Å². The van der Waals surface area contributed by atoms with E-state index in [-0.39, 0.29) is 21.6 Å². The van der Waals surface area contributed by atoms with Crippen LogP contribution in [0.15, 0.2) is 47.5 Å². The van der Waals surface area contributed by atoms with Crippen LogP contribution >= 0.6 is 23.2 Å². The molecule has 0 spiro atoms. The molecule has 0 aliphatic rings. The first-order chi connectivity index (χ1) is 12.8. The van der Waals surface area contributed by atoms with E-state index in [0.717, 1.165) is 0 Å². The fourth-order valence-electron chi connectivity index (χ4n) is 2.38. The summed E-state index contributed by atoms with van der Waals surface area (Å²) >= 11 is 12.1. The summed E-state index contributed by atoms with van der Waals surface area (Å²) in [6.45, 7) is 4.08. The zero-order chi connectivity index (χ0) is 19.6. The molecule has 0 aliphatic carbocycles. The molecule has 2 heterocycles. The number of anilines is 1. The fourth-order valence-corrected chi connectivity index (χ4v) is 3.87. The van der Waals surface area contributed by atoms with Gasteiger partial charge in [0.2, 0.25) is 0 Å². The molecule has 0 amide bonds. The van der Waals surface area contributed by atoms with Gasteiger partial charge in [0.25, 0.3) is 10.0 Å². The lowest BCUT2D eigenvalue weighted by atomic mass is 10.3. The average Bonchev–Trinajstić information content (AvgIpc) is 2.95. The second-order valence-electron chi connectivity index (χ2n) is 5.55. The SMILES string of the molecule is CCOc1ccc(S(=O)(=O)Nc2cc(C)nn2-c2ncc(Cl)cc2Cl)cc1. The predicted octanol–water partition coefficient (Wildman–Crippen LogP) is 4.08. The van der Waals surface area contributed by atoms with Crippen molar-refractivity contribution in [3.8, 4) is 11.6 Å². The lowest BCUT2D eigenvalue weighted by Crippen LogP contribution is -2.16. The number of pyridine rings is 1. The number of halogens is 2. The minimum Gasteiger partial charge on any atom is -0.494 e. The quantitative estimate of drug-likeness (QED) is 0.641. The van der Waals surface area contributed by atoms with Gasteiger partial charge in [0, 0.05) is 12.3 Å². The number of aromatic nitrogens is 3. The molecule has 27 heavy (non-hydrogen) atoms. The van der Waals surface area contributed by atoms with Gasteiger partial charge in [-0.1, -0.05) is 23.2 Å². The highest BCUT2D eigenvalue weighted by atomic mass is 35.5. The maximum Gasteiger partial charge on any atom is 0.263 e. The van der Waals surface area contributed by atoms with E-state index in [1.165, 1.54) is 29.1 Å². The van der Waals surface area contributed by atoms with E-state index in [1.54, 1.807) is 25.1 Å². The third-order valence-corrected chi connectivity index (χ3v) is 5.36. The van der Waals surface area contributed by atoms with Crippen LogP contribution in [-0.2, 0) is 10.0 Å². The first-order valence-corrected chi connectivity index (χ1v) is 10.2. The molecular formula is C17H16Cl2N4O3S. The molecule has 10 heteroatoms. The van der Waals surface area contributed by atoms with Crippen LogP contribution in [0.25, 0.3) is 5.82 Å². The molecule has 142 valence electrons. The third kappa shape index (κ3) is 4.35. The Kier molecular flexibility index (Phi) is 5.59. The van der Waals surface area contributed by atoms with Crippen molar-refractivity contribution in [2.24, 2.45) is 0 Å². The standard InChI is InChI=1S/C17H16Cl2N4O3S/c1-3-26-13-4-6-14(7-5-13)27(24,25)22-16-8-11(2)21-23(16)17-15(19)9-12(18)10-20-17/h4-10,22H,3H2,1-2H3. The number of hydrogen-bond donors (Lipinski definition) is 1. The second-order valence-corrected chi connectivity index (χ2v) is 8.08. The molecule has 0 saturated heterocycles. The molecule has 0 radical (unpaired) electrons. The smallest absolute Gasteiger partial charge is 0.263 e. The first kappa shape index (κ1) is 19.5. The number of sulfonamides is 1. The molecule has 1 aromatic carbocycles. The normalized spacial score (nSPS) is 11.4. The highest BCUT2D eigenvalue weighted by Crippen LogP contribution is 2.26. The predicted molar refractivity (Wildman–Crippen MR) is 105 cm³/mol. The lowest BCUT2D eigenvalue weighted by molar-refractivity contribution is 0.340. The topological polar surface area (TPSA) is 86.1 Å². The number of nitrogens with zero attached hydrogens (tertiary/aromatic N) is 3. The highest BCUT2D eigenvalue weighted by molar-refractivity contribution is 7.92. The molecule has 7 nitrogen and oxygen atoms in total. The number of aryl methyl sites for hydroxylation is 1. The number of nitrogens with one attached hydrogen (secondary N) is 1. The molecule has 0 aliphatic heterocycles. The zero-order valence-electron chi connectivity index (χ0n) is 14.5. The zero-order valence-corrected chi connectivity index (χ0v) is 16.8. The summed E-state index contributed by atoms with van der Waals surface area (Å²) in [7, 11) is -3.85. The van der Waals surface area contributed by atoms with Gasteiger partial charge in [0.05, 0.1) is 27.2 Å². The third-order valence-electron chi connectivity index (χ3n) is 3.50. The van der Waals surface area contributed by atoms with Crippen LogP contribution in [-0.4, -0.2) is 29.8 Å². The summed E-state index contributed by atoms with van der Waals surface area (Å²) in [4.78, 5) is 4.23. The van der Waals surface area contributed by atoms with Gasteiger partial charge in [-0.15, -0.1) is 0 Å². The van der Waals surface area contributed by atoms with Gasteiger partial charge in [-0.25, -0.2) is 13.4 Å². The summed E-state index contributed by atoms with van der Waals surface area (Å²) in [6, 6.07) is 9.21. The van der Waals surface area contributed by atoms with Crippen LogP contribution in [0.5, 0.6) is 5.75 Å². The average molecular weight is 427 g/mol. The van der Waals surface area contributed by atoms with Crippen LogP contribution in [0.1, 0.15) is 12.6 Å². The van der Waals surface area contributed by atoms with Crippen molar-refractivity contribution in [2.45, 2.75) is 18.7 Å². The van der Waals surface area contributed by atoms with E-state index in [4.69, 9.17) is 27.9 Å². The van der Waals surface area contributed by atoms with Gasteiger partial charge >= 0.3 is 0 Å². The molecule has 0 unspecified atom stereocenters. The Morgan fingerprint density at radius 3 is 2.52 bits per heavy atom. The van der Waals surface area contributed by atoms with Crippen LogP contribution < -0.4 is 9.46 Å². The summed E-state index contributed by atoms with van der Waals surface area (Å²) in [5.41, 5.74) is 0.590. The van der Waals surface area contributed by atoms with Gasteiger partial charge in [0.15, 0.2) is 5.82 Å². The van der Waals surface area contributed by atoms with Crippen molar-refractivity contribution in [2.75, 3.05) is 11.3 Å². The highest BCUT2D eigenvalue weighted by Gasteiger charge is 2.20.